The van der Waals surface area contributed by atoms with Gasteiger partial charge in [-0.05, 0) is 41.5 Å². The Bertz CT molecular complexity index is 1230. The molecule has 31 heavy (non-hydrogen) atoms. The lowest BCUT2D eigenvalue weighted by Gasteiger charge is -2.20. The Labute approximate surface area is 182 Å². The van der Waals surface area contributed by atoms with Crippen molar-refractivity contribution in [2.75, 3.05) is 12.0 Å². The van der Waals surface area contributed by atoms with Crippen LogP contribution in [0.3, 0.4) is 0 Å². The number of amides is 1. The molecule has 0 aliphatic carbocycles. The second kappa shape index (κ2) is 8.23. The minimum absolute atomic E-state index is 0.234. The van der Waals surface area contributed by atoms with Gasteiger partial charge in [-0.25, -0.2) is 4.79 Å². The minimum Gasteiger partial charge on any atom is -0.465 e. The summed E-state index contributed by atoms with van der Waals surface area (Å²) in [6.07, 6.45) is 1.77. The molecule has 0 atom stereocenters. The predicted octanol–water partition coefficient (Wildman–Crippen LogP) is 5.84. The van der Waals surface area contributed by atoms with Gasteiger partial charge in [-0.3, -0.25) is 9.69 Å². The summed E-state index contributed by atoms with van der Waals surface area (Å²) in [5.41, 5.74) is 4.04. The number of hydrogen-bond acceptors (Lipinski definition) is 3. The fourth-order valence-corrected chi connectivity index (χ4v) is 4.02. The quantitative estimate of drug-likeness (QED) is 0.400. The van der Waals surface area contributed by atoms with Crippen molar-refractivity contribution in [3.8, 4) is 0 Å². The molecule has 1 amide bonds. The van der Waals surface area contributed by atoms with E-state index in [1.54, 1.807) is 17.9 Å². The van der Waals surface area contributed by atoms with Crippen LogP contribution in [0.4, 0.5) is 5.69 Å². The summed E-state index contributed by atoms with van der Waals surface area (Å²) in [6.45, 7) is 6.06. The molecule has 0 radical (unpaired) electrons. The van der Waals surface area contributed by atoms with Crippen molar-refractivity contribution in [3.05, 3.63) is 94.7 Å². The molecule has 156 valence electrons. The average molecular weight is 412 g/mol. The smallest absolute Gasteiger partial charge is 0.340 e. The Morgan fingerprint density at radius 1 is 0.968 bits per heavy atom. The number of allylic oxidation sites excluding steroid dienone is 1. The molecule has 0 aromatic heterocycles. The van der Waals surface area contributed by atoms with Gasteiger partial charge < -0.3 is 4.74 Å². The molecule has 3 aromatic carbocycles. The first-order valence-electron chi connectivity index (χ1n) is 10.4. The van der Waals surface area contributed by atoms with Gasteiger partial charge >= 0.3 is 5.97 Å². The standard InChI is InChI=1S/C27H25NO3/c1-17(2)20-14-12-19(13-15-20)16-23-25(27(30)31-4)18(3)28(26(23)29)24-11-7-9-21-8-5-6-10-22(21)24/h5-17H,1-4H3. The number of carbonyl (C=O) groups excluding carboxylic acids is 2. The normalized spacial score (nSPS) is 15.5. The second-order valence-electron chi connectivity index (χ2n) is 7.97. The van der Waals surface area contributed by atoms with Crippen LogP contribution in [0.2, 0.25) is 0 Å². The zero-order valence-corrected chi connectivity index (χ0v) is 18.2. The van der Waals surface area contributed by atoms with E-state index >= 15 is 0 Å². The lowest BCUT2D eigenvalue weighted by molar-refractivity contribution is -0.136. The maximum absolute atomic E-state index is 13.6. The second-order valence-corrected chi connectivity index (χ2v) is 7.97. The zero-order valence-electron chi connectivity index (χ0n) is 18.2. The molecular formula is C27H25NO3. The summed E-state index contributed by atoms with van der Waals surface area (Å²) in [7, 11) is 1.34. The van der Waals surface area contributed by atoms with E-state index in [1.807, 2.05) is 66.7 Å². The highest BCUT2D eigenvalue weighted by Crippen LogP contribution is 2.38. The monoisotopic (exact) mass is 411 g/mol. The van der Waals surface area contributed by atoms with Crippen molar-refractivity contribution in [1.82, 2.24) is 0 Å². The Morgan fingerprint density at radius 3 is 2.32 bits per heavy atom. The summed E-state index contributed by atoms with van der Waals surface area (Å²) in [5, 5.41) is 1.98. The number of rotatable bonds is 4. The number of benzene rings is 3. The van der Waals surface area contributed by atoms with Crippen LogP contribution in [0.15, 0.2) is 83.6 Å². The summed E-state index contributed by atoms with van der Waals surface area (Å²) in [6, 6.07) is 21.8. The highest BCUT2D eigenvalue weighted by molar-refractivity contribution is 6.25. The number of ether oxygens (including phenoxy) is 1. The van der Waals surface area contributed by atoms with Gasteiger partial charge in [-0.1, -0.05) is 74.5 Å². The molecule has 0 saturated heterocycles. The Morgan fingerprint density at radius 2 is 1.65 bits per heavy atom. The molecule has 0 spiro atoms. The molecule has 4 rings (SSSR count). The van der Waals surface area contributed by atoms with E-state index < -0.39 is 5.97 Å². The van der Waals surface area contributed by atoms with Crippen molar-refractivity contribution < 1.29 is 14.3 Å². The predicted molar refractivity (Wildman–Crippen MR) is 125 cm³/mol. The fraction of sp³-hybridized carbons (Fsp3) is 0.185. The molecule has 0 unspecified atom stereocenters. The zero-order chi connectivity index (χ0) is 22.1. The van der Waals surface area contributed by atoms with E-state index in [0.29, 0.717) is 22.8 Å². The first-order valence-corrected chi connectivity index (χ1v) is 10.4. The maximum atomic E-state index is 13.6. The number of hydrogen-bond donors (Lipinski definition) is 0. The third-order valence-corrected chi connectivity index (χ3v) is 5.71. The summed E-state index contributed by atoms with van der Waals surface area (Å²) >= 11 is 0. The van der Waals surface area contributed by atoms with Gasteiger partial charge in [0.2, 0.25) is 0 Å². The van der Waals surface area contributed by atoms with Crippen LogP contribution in [0.1, 0.15) is 37.8 Å². The van der Waals surface area contributed by atoms with E-state index in [1.165, 1.54) is 12.7 Å². The highest BCUT2D eigenvalue weighted by atomic mass is 16.5. The molecule has 1 heterocycles. The topological polar surface area (TPSA) is 46.6 Å². The van der Waals surface area contributed by atoms with Crippen LogP contribution in [-0.2, 0) is 14.3 Å². The largest absolute Gasteiger partial charge is 0.465 e. The van der Waals surface area contributed by atoms with E-state index in [0.717, 1.165) is 22.0 Å². The summed E-state index contributed by atoms with van der Waals surface area (Å²) in [5.74, 6) is -0.328. The van der Waals surface area contributed by atoms with Gasteiger partial charge in [0.15, 0.2) is 0 Å². The van der Waals surface area contributed by atoms with Gasteiger partial charge in [0.1, 0.15) is 0 Å². The molecule has 1 aliphatic heterocycles. The van der Waals surface area contributed by atoms with E-state index in [-0.39, 0.29) is 5.91 Å². The molecule has 1 aliphatic rings. The molecule has 4 heteroatoms. The number of fused-ring (bicyclic) bond motifs is 1. The van der Waals surface area contributed by atoms with Crippen LogP contribution in [0.5, 0.6) is 0 Å². The molecule has 0 saturated carbocycles. The Hall–Kier alpha value is -3.66. The van der Waals surface area contributed by atoms with Crippen molar-refractivity contribution in [2.24, 2.45) is 0 Å². The van der Waals surface area contributed by atoms with Gasteiger partial charge in [0.25, 0.3) is 5.91 Å². The highest BCUT2D eigenvalue weighted by Gasteiger charge is 2.38. The molecule has 4 nitrogen and oxygen atoms in total. The van der Waals surface area contributed by atoms with Crippen LogP contribution in [0.25, 0.3) is 16.8 Å². The van der Waals surface area contributed by atoms with Crippen molar-refractivity contribution >= 4 is 34.4 Å². The van der Waals surface area contributed by atoms with Crippen molar-refractivity contribution in [3.63, 3.8) is 0 Å². The average Bonchev–Trinajstić information content (AvgIpc) is 3.02. The Balaban J connectivity index is 1.85. The third kappa shape index (κ3) is 3.66. The minimum atomic E-state index is -0.515. The lowest BCUT2D eigenvalue weighted by atomic mass is 9.99. The van der Waals surface area contributed by atoms with E-state index in [9.17, 15) is 9.59 Å². The van der Waals surface area contributed by atoms with Crippen LogP contribution >= 0.6 is 0 Å². The third-order valence-electron chi connectivity index (χ3n) is 5.71. The van der Waals surface area contributed by atoms with Crippen molar-refractivity contribution in [2.45, 2.75) is 26.7 Å². The van der Waals surface area contributed by atoms with E-state index in [2.05, 4.69) is 13.8 Å². The Kier molecular flexibility index (Phi) is 5.47. The van der Waals surface area contributed by atoms with Crippen LogP contribution in [0, 0.1) is 0 Å². The molecule has 0 N–H and O–H groups in total. The van der Waals surface area contributed by atoms with Crippen molar-refractivity contribution in [1.29, 1.82) is 0 Å². The number of nitrogens with zero attached hydrogens (tertiary/aromatic N) is 1. The van der Waals surface area contributed by atoms with Gasteiger partial charge in [-0.2, -0.15) is 0 Å². The molecular weight excluding hydrogens is 386 g/mol. The van der Waals surface area contributed by atoms with Gasteiger partial charge in [0.05, 0.1) is 23.9 Å². The number of methoxy groups -OCH3 is 1. The van der Waals surface area contributed by atoms with Crippen LogP contribution < -0.4 is 4.90 Å². The van der Waals surface area contributed by atoms with E-state index in [4.69, 9.17) is 4.74 Å². The number of carbonyl (C=O) groups is 2. The SMILES string of the molecule is COC(=O)C1=C(C)N(c2cccc3ccccc23)C(=O)C1=Cc1ccc(C(C)C)cc1. The van der Waals surface area contributed by atoms with Gasteiger partial charge in [0, 0.05) is 11.1 Å². The number of esters is 1. The fourth-order valence-electron chi connectivity index (χ4n) is 4.02. The van der Waals surface area contributed by atoms with Crippen LogP contribution in [-0.4, -0.2) is 19.0 Å². The molecule has 0 fully saturated rings. The first kappa shape index (κ1) is 20.6. The maximum Gasteiger partial charge on any atom is 0.340 e. The number of anilines is 1. The lowest BCUT2D eigenvalue weighted by Crippen LogP contribution is -2.24. The first-order chi connectivity index (χ1) is 14.9. The molecule has 0 bridgehead atoms. The summed E-state index contributed by atoms with van der Waals surface area (Å²) < 4.78 is 5.03. The molecule has 3 aromatic rings. The van der Waals surface area contributed by atoms with Gasteiger partial charge in [-0.15, -0.1) is 0 Å². The summed E-state index contributed by atoms with van der Waals surface area (Å²) in [4.78, 5) is 27.8.